The van der Waals surface area contributed by atoms with Crippen molar-refractivity contribution in [2.75, 3.05) is 6.61 Å². The minimum atomic E-state index is -0.182. The van der Waals surface area contributed by atoms with E-state index in [1.54, 1.807) is 0 Å². The number of carbonyl (C=O) groups is 1. The molecule has 25 heavy (non-hydrogen) atoms. The van der Waals surface area contributed by atoms with E-state index < -0.39 is 0 Å². The van der Waals surface area contributed by atoms with Crippen LogP contribution in [0.25, 0.3) is 10.2 Å². The number of aromatic nitrogens is 1. The predicted octanol–water partition coefficient (Wildman–Crippen LogP) is 4.66. The van der Waals surface area contributed by atoms with Gasteiger partial charge in [0, 0.05) is 11.6 Å². The Hall–Kier alpha value is -2.11. The Morgan fingerprint density at radius 3 is 2.80 bits per heavy atom. The first-order valence-electron chi connectivity index (χ1n) is 8.21. The van der Waals surface area contributed by atoms with E-state index in [-0.39, 0.29) is 12.3 Å². The van der Waals surface area contributed by atoms with E-state index in [1.165, 1.54) is 11.3 Å². The van der Waals surface area contributed by atoms with Crippen molar-refractivity contribution in [2.45, 2.75) is 26.3 Å². The highest BCUT2D eigenvalue weighted by molar-refractivity contribution is 7.16. The molecule has 0 saturated heterocycles. The molecule has 0 spiro atoms. The Bertz CT molecular complexity index is 931. The van der Waals surface area contributed by atoms with Gasteiger partial charge >= 0.3 is 0 Å². The molecule has 0 bridgehead atoms. The molecule has 3 rings (SSSR count). The monoisotopic (exact) mass is 374 g/mol. The lowest BCUT2D eigenvalue weighted by atomic mass is 10.3. The van der Waals surface area contributed by atoms with Gasteiger partial charge in [-0.1, -0.05) is 48.1 Å². The number of ether oxygens (including phenoxy) is 1. The fraction of sp³-hybridized carbons (Fsp3) is 0.263. The summed E-state index contributed by atoms with van der Waals surface area (Å²) in [6.07, 6.45) is 1.21. The van der Waals surface area contributed by atoms with E-state index >= 15 is 0 Å². The van der Waals surface area contributed by atoms with Crippen molar-refractivity contribution in [1.29, 1.82) is 0 Å². The summed E-state index contributed by atoms with van der Waals surface area (Å²) >= 11 is 7.56. The SMILES string of the molecule is CCCn1c(=NC(=O)CCOc2ccccc2)sc2cc(Cl)ccc21. The van der Waals surface area contributed by atoms with Crippen molar-refractivity contribution < 1.29 is 9.53 Å². The molecule has 6 heteroatoms. The molecule has 2 aromatic carbocycles. The van der Waals surface area contributed by atoms with Gasteiger partial charge in [-0.15, -0.1) is 0 Å². The Labute approximate surface area is 155 Å². The van der Waals surface area contributed by atoms with Crippen LogP contribution in [0.1, 0.15) is 19.8 Å². The van der Waals surface area contributed by atoms with Gasteiger partial charge in [0.1, 0.15) is 5.75 Å². The van der Waals surface area contributed by atoms with E-state index in [2.05, 4.69) is 16.5 Å². The number of nitrogens with zero attached hydrogens (tertiary/aromatic N) is 2. The van der Waals surface area contributed by atoms with Crippen LogP contribution in [-0.2, 0) is 11.3 Å². The van der Waals surface area contributed by atoms with Crippen LogP contribution in [-0.4, -0.2) is 17.1 Å². The minimum absolute atomic E-state index is 0.182. The molecule has 1 amide bonds. The molecule has 0 saturated carbocycles. The highest BCUT2D eigenvalue weighted by Gasteiger charge is 2.08. The maximum Gasteiger partial charge on any atom is 0.251 e. The molecule has 0 aliphatic carbocycles. The van der Waals surface area contributed by atoms with E-state index in [0.29, 0.717) is 16.4 Å². The molecule has 0 unspecified atom stereocenters. The fourth-order valence-electron chi connectivity index (χ4n) is 2.51. The number of rotatable bonds is 6. The van der Waals surface area contributed by atoms with Gasteiger partial charge < -0.3 is 9.30 Å². The van der Waals surface area contributed by atoms with E-state index in [1.807, 2.05) is 48.5 Å². The third kappa shape index (κ3) is 4.50. The zero-order chi connectivity index (χ0) is 17.6. The molecule has 4 nitrogen and oxygen atoms in total. The summed E-state index contributed by atoms with van der Waals surface area (Å²) in [5.41, 5.74) is 1.06. The highest BCUT2D eigenvalue weighted by atomic mass is 35.5. The average Bonchev–Trinajstić information content (AvgIpc) is 2.92. The van der Waals surface area contributed by atoms with Crippen molar-refractivity contribution >= 4 is 39.1 Å². The van der Waals surface area contributed by atoms with Gasteiger partial charge in [-0.25, -0.2) is 0 Å². The van der Waals surface area contributed by atoms with Gasteiger partial charge in [0.15, 0.2) is 4.80 Å². The lowest BCUT2D eigenvalue weighted by molar-refractivity contribution is -0.118. The van der Waals surface area contributed by atoms with Gasteiger partial charge in [-0.05, 0) is 36.8 Å². The van der Waals surface area contributed by atoms with Crippen LogP contribution in [0.4, 0.5) is 0 Å². The second kappa shape index (κ2) is 8.32. The van der Waals surface area contributed by atoms with Crippen LogP contribution in [0, 0.1) is 0 Å². The average molecular weight is 375 g/mol. The smallest absolute Gasteiger partial charge is 0.251 e. The number of amides is 1. The van der Waals surface area contributed by atoms with Crippen LogP contribution in [0.2, 0.25) is 5.02 Å². The van der Waals surface area contributed by atoms with Crippen LogP contribution in [0.3, 0.4) is 0 Å². The third-order valence-corrected chi connectivity index (χ3v) is 4.92. The number of carbonyl (C=O) groups excluding carboxylic acids is 1. The van der Waals surface area contributed by atoms with Gasteiger partial charge in [0.2, 0.25) is 0 Å². The Kier molecular flexibility index (Phi) is 5.89. The number of hydrogen-bond acceptors (Lipinski definition) is 3. The number of hydrogen-bond donors (Lipinski definition) is 0. The zero-order valence-corrected chi connectivity index (χ0v) is 15.5. The van der Waals surface area contributed by atoms with Crippen molar-refractivity contribution in [3.05, 3.63) is 58.4 Å². The molecular weight excluding hydrogens is 356 g/mol. The molecule has 0 N–H and O–H groups in total. The van der Waals surface area contributed by atoms with Crippen LogP contribution in [0.5, 0.6) is 5.75 Å². The molecule has 130 valence electrons. The number of fused-ring (bicyclic) bond motifs is 1. The molecule has 3 aromatic rings. The van der Waals surface area contributed by atoms with E-state index in [4.69, 9.17) is 16.3 Å². The van der Waals surface area contributed by atoms with Crippen LogP contribution >= 0.6 is 22.9 Å². The highest BCUT2D eigenvalue weighted by Crippen LogP contribution is 2.22. The van der Waals surface area contributed by atoms with Gasteiger partial charge in [-0.2, -0.15) is 4.99 Å². The van der Waals surface area contributed by atoms with Gasteiger partial charge in [-0.3, -0.25) is 4.79 Å². The molecule has 0 aliphatic rings. The van der Waals surface area contributed by atoms with Crippen molar-refractivity contribution in [3.8, 4) is 5.75 Å². The Morgan fingerprint density at radius 1 is 1.24 bits per heavy atom. The maximum absolute atomic E-state index is 12.2. The summed E-state index contributed by atoms with van der Waals surface area (Å²) in [7, 11) is 0. The van der Waals surface area contributed by atoms with E-state index in [9.17, 15) is 4.79 Å². The summed E-state index contributed by atoms with van der Waals surface area (Å²) in [6, 6.07) is 15.2. The van der Waals surface area contributed by atoms with Crippen molar-refractivity contribution in [3.63, 3.8) is 0 Å². The summed E-state index contributed by atoms with van der Waals surface area (Å²) in [6.45, 7) is 3.23. The summed E-state index contributed by atoms with van der Waals surface area (Å²) in [5, 5.41) is 0.687. The normalized spacial score (nSPS) is 11.8. The van der Waals surface area contributed by atoms with Crippen LogP contribution < -0.4 is 9.54 Å². The maximum atomic E-state index is 12.2. The lowest BCUT2D eigenvalue weighted by Crippen LogP contribution is -2.17. The first kappa shape index (κ1) is 17.7. The second-order valence-corrected chi connectivity index (χ2v) is 7.01. The Balaban J connectivity index is 1.77. The van der Waals surface area contributed by atoms with E-state index in [0.717, 1.165) is 28.9 Å². The predicted molar refractivity (Wildman–Crippen MR) is 102 cm³/mol. The van der Waals surface area contributed by atoms with Crippen LogP contribution in [0.15, 0.2) is 53.5 Å². The van der Waals surface area contributed by atoms with Crippen molar-refractivity contribution in [2.24, 2.45) is 4.99 Å². The third-order valence-electron chi connectivity index (χ3n) is 3.64. The first-order valence-corrected chi connectivity index (χ1v) is 9.41. The molecular formula is C19H19ClN2O2S. The van der Waals surface area contributed by atoms with Crippen molar-refractivity contribution in [1.82, 2.24) is 4.57 Å². The molecule has 1 heterocycles. The Morgan fingerprint density at radius 2 is 2.04 bits per heavy atom. The quantitative estimate of drug-likeness (QED) is 0.629. The zero-order valence-electron chi connectivity index (χ0n) is 13.9. The molecule has 0 radical (unpaired) electrons. The number of halogens is 1. The minimum Gasteiger partial charge on any atom is -0.493 e. The number of para-hydroxylation sites is 1. The number of benzene rings is 2. The standard InChI is InChI=1S/C19H19ClN2O2S/c1-2-11-22-16-9-8-14(20)13-17(16)25-19(22)21-18(23)10-12-24-15-6-4-3-5-7-15/h3-9,13H,2,10-12H2,1H3. The largest absolute Gasteiger partial charge is 0.493 e. The number of thiazole rings is 1. The summed E-state index contributed by atoms with van der Waals surface area (Å²) < 4.78 is 8.68. The van der Waals surface area contributed by atoms with Gasteiger partial charge in [0.05, 0.1) is 23.2 Å². The summed E-state index contributed by atoms with van der Waals surface area (Å²) in [5.74, 6) is 0.575. The first-order chi connectivity index (χ1) is 12.2. The second-order valence-electron chi connectivity index (χ2n) is 5.57. The molecule has 1 aromatic heterocycles. The lowest BCUT2D eigenvalue weighted by Gasteiger charge is -2.04. The molecule has 0 fully saturated rings. The van der Waals surface area contributed by atoms with Gasteiger partial charge in [0.25, 0.3) is 5.91 Å². The molecule has 0 atom stereocenters. The fourth-order valence-corrected chi connectivity index (χ4v) is 3.86. The number of aryl methyl sites for hydroxylation is 1. The molecule has 0 aliphatic heterocycles. The topological polar surface area (TPSA) is 43.6 Å². The summed E-state index contributed by atoms with van der Waals surface area (Å²) in [4.78, 5) is 17.2.